The van der Waals surface area contributed by atoms with Crippen molar-refractivity contribution in [3.8, 4) is 22.3 Å². The van der Waals surface area contributed by atoms with Gasteiger partial charge < -0.3 is 4.74 Å². The summed E-state index contributed by atoms with van der Waals surface area (Å²) >= 11 is 0. The van der Waals surface area contributed by atoms with E-state index in [0.717, 1.165) is 22.3 Å². The average Bonchev–Trinajstić information content (AvgIpc) is 2.63. The summed E-state index contributed by atoms with van der Waals surface area (Å²) in [6, 6.07) is 26.0. The van der Waals surface area contributed by atoms with Gasteiger partial charge in [-0.2, -0.15) is 0 Å². The highest BCUT2D eigenvalue weighted by atomic mass is 16.5. The molecule has 0 spiro atoms. The van der Waals surface area contributed by atoms with Crippen molar-refractivity contribution in [1.29, 1.82) is 0 Å². The quantitative estimate of drug-likeness (QED) is 0.619. The molecule has 114 valence electrons. The van der Waals surface area contributed by atoms with Crippen molar-refractivity contribution in [2.24, 2.45) is 0 Å². The lowest BCUT2D eigenvalue weighted by molar-refractivity contribution is 0.0526. The molecule has 0 saturated carbocycles. The van der Waals surface area contributed by atoms with E-state index >= 15 is 0 Å². The molecule has 0 aliphatic rings. The van der Waals surface area contributed by atoms with Gasteiger partial charge >= 0.3 is 5.97 Å². The molecule has 0 saturated heterocycles. The Balaban J connectivity index is 2.15. The second-order valence-electron chi connectivity index (χ2n) is 5.21. The van der Waals surface area contributed by atoms with Gasteiger partial charge in [0.1, 0.15) is 0 Å². The fourth-order valence-corrected chi connectivity index (χ4v) is 2.61. The lowest BCUT2D eigenvalue weighted by Crippen LogP contribution is -2.05. The molecule has 23 heavy (non-hydrogen) atoms. The highest BCUT2D eigenvalue weighted by Gasteiger charge is 2.12. The first kappa shape index (κ1) is 15.0. The van der Waals surface area contributed by atoms with Gasteiger partial charge in [-0.15, -0.1) is 0 Å². The molecule has 0 aromatic heterocycles. The van der Waals surface area contributed by atoms with Crippen LogP contribution in [0.2, 0.25) is 0 Å². The Morgan fingerprint density at radius 2 is 1.35 bits per heavy atom. The minimum absolute atomic E-state index is 0.288. The average molecular weight is 302 g/mol. The van der Waals surface area contributed by atoms with Crippen LogP contribution in [0.15, 0.2) is 78.9 Å². The summed E-state index contributed by atoms with van der Waals surface area (Å²) in [7, 11) is 0. The molecule has 2 heteroatoms. The third-order valence-corrected chi connectivity index (χ3v) is 3.70. The molecule has 2 nitrogen and oxygen atoms in total. The van der Waals surface area contributed by atoms with E-state index in [-0.39, 0.29) is 5.97 Å². The smallest absolute Gasteiger partial charge is 0.338 e. The van der Waals surface area contributed by atoms with E-state index in [0.29, 0.717) is 12.2 Å². The fourth-order valence-electron chi connectivity index (χ4n) is 2.61. The first-order chi connectivity index (χ1) is 11.3. The highest BCUT2D eigenvalue weighted by molar-refractivity contribution is 5.94. The summed E-state index contributed by atoms with van der Waals surface area (Å²) in [6.45, 7) is 2.19. The number of esters is 1. The van der Waals surface area contributed by atoms with Crippen LogP contribution in [0.25, 0.3) is 22.3 Å². The van der Waals surface area contributed by atoms with Gasteiger partial charge in [0.25, 0.3) is 0 Å². The number of carbonyl (C=O) groups excluding carboxylic acids is 1. The van der Waals surface area contributed by atoms with Gasteiger partial charge in [0.05, 0.1) is 12.2 Å². The summed E-state index contributed by atoms with van der Waals surface area (Å²) in [6.07, 6.45) is 0. The summed E-state index contributed by atoms with van der Waals surface area (Å²) < 4.78 is 5.13. The zero-order valence-electron chi connectivity index (χ0n) is 13.0. The summed E-state index contributed by atoms with van der Waals surface area (Å²) in [4.78, 5) is 12.1. The van der Waals surface area contributed by atoms with Crippen LogP contribution in [-0.2, 0) is 4.74 Å². The van der Waals surface area contributed by atoms with Gasteiger partial charge in [0.15, 0.2) is 0 Å². The van der Waals surface area contributed by atoms with E-state index in [9.17, 15) is 4.79 Å². The first-order valence-electron chi connectivity index (χ1n) is 7.71. The maximum absolute atomic E-state index is 12.1. The van der Waals surface area contributed by atoms with E-state index in [1.807, 2.05) is 61.5 Å². The molecule has 3 aromatic rings. The molecule has 0 N–H and O–H groups in total. The maximum atomic E-state index is 12.1. The molecule has 0 heterocycles. The van der Waals surface area contributed by atoms with Crippen molar-refractivity contribution >= 4 is 5.97 Å². The third kappa shape index (κ3) is 3.32. The molecule has 3 rings (SSSR count). The van der Waals surface area contributed by atoms with Gasteiger partial charge in [-0.05, 0) is 41.3 Å². The number of carbonyl (C=O) groups is 1. The Hall–Kier alpha value is -2.87. The zero-order chi connectivity index (χ0) is 16.1. The van der Waals surface area contributed by atoms with Crippen molar-refractivity contribution in [3.63, 3.8) is 0 Å². The lowest BCUT2D eigenvalue weighted by atomic mass is 9.93. The van der Waals surface area contributed by atoms with E-state index in [1.54, 1.807) is 0 Å². The standard InChI is InChI=1S/C21H18O2/c1-2-23-21(22)18-13-14-19(16-9-5-3-6-10-16)20(15-18)17-11-7-4-8-12-17/h3-15H,2H2,1H3. The minimum Gasteiger partial charge on any atom is -0.462 e. The first-order valence-corrected chi connectivity index (χ1v) is 7.71. The fraction of sp³-hybridized carbons (Fsp3) is 0.0952. The van der Waals surface area contributed by atoms with E-state index in [4.69, 9.17) is 4.74 Å². The molecule has 0 bridgehead atoms. The molecular weight excluding hydrogens is 284 g/mol. The molecule has 0 atom stereocenters. The Morgan fingerprint density at radius 3 is 1.91 bits per heavy atom. The number of hydrogen-bond donors (Lipinski definition) is 0. The second-order valence-corrected chi connectivity index (χ2v) is 5.21. The molecule has 0 amide bonds. The predicted octanol–water partition coefficient (Wildman–Crippen LogP) is 5.20. The lowest BCUT2D eigenvalue weighted by Gasteiger charge is -2.12. The molecule has 0 radical (unpaired) electrons. The van der Waals surface area contributed by atoms with Crippen LogP contribution in [-0.4, -0.2) is 12.6 Å². The Bertz CT molecular complexity index is 793. The van der Waals surface area contributed by atoms with E-state index in [1.165, 1.54) is 0 Å². The summed E-state index contributed by atoms with van der Waals surface area (Å²) in [5.74, 6) is -0.288. The zero-order valence-corrected chi connectivity index (χ0v) is 13.0. The molecule has 0 aliphatic carbocycles. The monoisotopic (exact) mass is 302 g/mol. The Morgan fingerprint density at radius 1 is 0.783 bits per heavy atom. The van der Waals surface area contributed by atoms with Crippen LogP contribution in [0.3, 0.4) is 0 Å². The summed E-state index contributed by atoms with van der Waals surface area (Å²) in [5.41, 5.74) is 4.91. The van der Waals surface area contributed by atoms with Crippen molar-refractivity contribution in [1.82, 2.24) is 0 Å². The molecule has 0 aliphatic heterocycles. The van der Waals surface area contributed by atoms with Crippen LogP contribution in [0.5, 0.6) is 0 Å². The largest absolute Gasteiger partial charge is 0.462 e. The molecule has 0 fully saturated rings. The molecular formula is C21H18O2. The molecule has 0 unspecified atom stereocenters. The van der Waals surface area contributed by atoms with Gasteiger partial charge in [0, 0.05) is 0 Å². The van der Waals surface area contributed by atoms with Crippen molar-refractivity contribution in [2.75, 3.05) is 6.61 Å². The van der Waals surface area contributed by atoms with Gasteiger partial charge in [-0.3, -0.25) is 0 Å². The van der Waals surface area contributed by atoms with Gasteiger partial charge in [-0.1, -0.05) is 66.7 Å². The van der Waals surface area contributed by atoms with Crippen molar-refractivity contribution < 1.29 is 9.53 Å². The van der Waals surface area contributed by atoms with Crippen LogP contribution >= 0.6 is 0 Å². The van der Waals surface area contributed by atoms with Gasteiger partial charge in [-0.25, -0.2) is 4.79 Å². The Labute approximate surface area is 136 Å². The van der Waals surface area contributed by atoms with E-state index < -0.39 is 0 Å². The number of benzene rings is 3. The molecule has 3 aromatic carbocycles. The minimum atomic E-state index is -0.288. The van der Waals surface area contributed by atoms with Crippen LogP contribution < -0.4 is 0 Å². The van der Waals surface area contributed by atoms with E-state index in [2.05, 4.69) is 24.3 Å². The van der Waals surface area contributed by atoms with Crippen LogP contribution in [0.1, 0.15) is 17.3 Å². The number of hydrogen-bond acceptors (Lipinski definition) is 2. The Kier molecular flexibility index (Phi) is 4.53. The van der Waals surface area contributed by atoms with Crippen LogP contribution in [0, 0.1) is 0 Å². The normalized spacial score (nSPS) is 10.3. The SMILES string of the molecule is CCOC(=O)c1ccc(-c2ccccc2)c(-c2ccccc2)c1. The van der Waals surface area contributed by atoms with Crippen LogP contribution in [0.4, 0.5) is 0 Å². The number of rotatable bonds is 4. The van der Waals surface area contributed by atoms with Gasteiger partial charge in [0.2, 0.25) is 0 Å². The maximum Gasteiger partial charge on any atom is 0.338 e. The van der Waals surface area contributed by atoms with Crippen molar-refractivity contribution in [3.05, 3.63) is 84.4 Å². The predicted molar refractivity (Wildman–Crippen MR) is 93.3 cm³/mol. The summed E-state index contributed by atoms with van der Waals surface area (Å²) in [5, 5.41) is 0. The topological polar surface area (TPSA) is 26.3 Å². The number of ether oxygens (including phenoxy) is 1. The second kappa shape index (κ2) is 6.93. The third-order valence-electron chi connectivity index (χ3n) is 3.70. The van der Waals surface area contributed by atoms with Crippen molar-refractivity contribution in [2.45, 2.75) is 6.92 Å². The highest BCUT2D eigenvalue weighted by Crippen LogP contribution is 2.33.